The van der Waals surface area contributed by atoms with Gasteiger partial charge in [-0.05, 0) is 17.7 Å². The van der Waals surface area contributed by atoms with Gasteiger partial charge in [-0.2, -0.15) is 0 Å². The van der Waals surface area contributed by atoms with Gasteiger partial charge < -0.3 is 19.9 Å². The maximum Gasteiger partial charge on any atom is 0.224 e. The van der Waals surface area contributed by atoms with Gasteiger partial charge >= 0.3 is 0 Å². The number of para-hydroxylation sites is 2. The molecule has 0 bridgehead atoms. The number of hydrogen-bond acceptors (Lipinski definition) is 4. The lowest BCUT2D eigenvalue weighted by molar-refractivity contribution is -0.121. The lowest BCUT2D eigenvalue weighted by Gasteiger charge is -2.33. The molecule has 148 valence electrons. The molecule has 6 nitrogen and oxygen atoms in total. The predicted octanol–water partition coefficient (Wildman–Crippen LogP) is 2.23. The van der Waals surface area contributed by atoms with Gasteiger partial charge in [-0.15, -0.1) is 0 Å². The molecule has 6 heteroatoms. The summed E-state index contributed by atoms with van der Waals surface area (Å²) < 4.78 is 5.44. The van der Waals surface area contributed by atoms with E-state index in [4.69, 9.17) is 4.74 Å². The van der Waals surface area contributed by atoms with E-state index < -0.39 is 0 Å². The van der Waals surface area contributed by atoms with E-state index >= 15 is 0 Å². The monoisotopic (exact) mass is 381 g/mol. The molecule has 2 amide bonds. The quantitative estimate of drug-likeness (QED) is 0.799. The SMILES string of the molecule is CC(=O)N(CCNC(=O)Cc1ccccc1)c1ccccc1N1CCOCC1. The molecule has 0 saturated carbocycles. The molecule has 0 unspecified atom stereocenters. The second-order valence-corrected chi connectivity index (χ2v) is 6.77. The van der Waals surface area contributed by atoms with E-state index in [1.165, 1.54) is 0 Å². The second-order valence-electron chi connectivity index (χ2n) is 6.77. The molecule has 0 aliphatic carbocycles. The third-order valence-corrected chi connectivity index (χ3v) is 4.77. The standard InChI is InChI=1S/C22H27N3O3/c1-18(26)25(12-11-23-22(27)17-19-7-3-2-4-8-19)21-10-6-5-9-20(21)24-13-15-28-16-14-24/h2-10H,11-17H2,1H3,(H,23,27). The Balaban J connectivity index is 1.62. The van der Waals surface area contributed by atoms with E-state index in [2.05, 4.69) is 10.2 Å². The van der Waals surface area contributed by atoms with Crippen molar-refractivity contribution in [3.05, 3.63) is 60.2 Å². The Labute approximate surface area is 166 Å². The highest BCUT2D eigenvalue weighted by Crippen LogP contribution is 2.29. The molecule has 1 aliphatic heterocycles. The number of carbonyl (C=O) groups excluding carboxylic acids is 2. The molecule has 2 aromatic carbocycles. The molecule has 3 rings (SSSR count). The number of ether oxygens (including phenoxy) is 1. The fraction of sp³-hybridized carbons (Fsp3) is 0.364. The van der Waals surface area contributed by atoms with Gasteiger partial charge in [0.05, 0.1) is 31.0 Å². The number of hydrogen-bond donors (Lipinski definition) is 1. The summed E-state index contributed by atoms with van der Waals surface area (Å²) >= 11 is 0. The van der Waals surface area contributed by atoms with Crippen LogP contribution in [-0.4, -0.2) is 51.2 Å². The van der Waals surface area contributed by atoms with E-state index in [-0.39, 0.29) is 11.8 Å². The molecule has 0 spiro atoms. The number of morpholine rings is 1. The van der Waals surface area contributed by atoms with Gasteiger partial charge in [0.25, 0.3) is 0 Å². The highest BCUT2D eigenvalue weighted by Gasteiger charge is 2.20. The Kier molecular flexibility index (Phi) is 7.03. The summed E-state index contributed by atoms with van der Waals surface area (Å²) in [5.41, 5.74) is 2.87. The van der Waals surface area contributed by atoms with Gasteiger partial charge in [0.15, 0.2) is 0 Å². The van der Waals surface area contributed by atoms with E-state index in [0.29, 0.717) is 32.7 Å². The molecule has 1 saturated heterocycles. The second kappa shape index (κ2) is 9.90. The number of nitrogens with one attached hydrogen (secondary N) is 1. The lowest BCUT2D eigenvalue weighted by atomic mass is 10.1. The third kappa shape index (κ3) is 5.33. The largest absolute Gasteiger partial charge is 0.378 e. The Morgan fingerprint density at radius 2 is 1.71 bits per heavy atom. The Bertz CT molecular complexity index is 789. The van der Waals surface area contributed by atoms with Crippen LogP contribution < -0.4 is 15.1 Å². The van der Waals surface area contributed by atoms with Crippen LogP contribution in [0.4, 0.5) is 11.4 Å². The minimum atomic E-state index is -0.0452. The fourth-order valence-corrected chi connectivity index (χ4v) is 3.36. The number of amides is 2. The maximum atomic E-state index is 12.3. The highest BCUT2D eigenvalue weighted by atomic mass is 16.5. The van der Waals surface area contributed by atoms with E-state index in [1.807, 2.05) is 54.6 Å². The van der Waals surface area contributed by atoms with Crippen LogP contribution in [0.2, 0.25) is 0 Å². The summed E-state index contributed by atoms with van der Waals surface area (Å²) in [6.45, 7) is 5.36. The first-order valence-electron chi connectivity index (χ1n) is 9.65. The van der Waals surface area contributed by atoms with Crippen molar-refractivity contribution in [1.29, 1.82) is 0 Å². The number of carbonyl (C=O) groups is 2. The van der Waals surface area contributed by atoms with Crippen molar-refractivity contribution in [2.24, 2.45) is 0 Å². The van der Waals surface area contributed by atoms with Gasteiger partial charge in [0.2, 0.25) is 11.8 Å². The molecule has 0 aromatic heterocycles. The topological polar surface area (TPSA) is 61.9 Å². The van der Waals surface area contributed by atoms with Gasteiger partial charge in [-0.25, -0.2) is 0 Å². The van der Waals surface area contributed by atoms with Gasteiger partial charge in [0.1, 0.15) is 0 Å². The van der Waals surface area contributed by atoms with Gasteiger partial charge in [0, 0.05) is 33.1 Å². The zero-order chi connectivity index (χ0) is 19.8. The van der Waals surface area contributed by atoms with Crippen LogP contribution in [0.25, 0.3) is 0 Å². The van der Waals surface area contributed by atoms with Crippen LogP contribution in [0.1, 0.15) is 12.5 Å². The first kappa shape index (κ1) is 19.9. The van der Waals surface area contributed by atoms with Crippen LogP contribution in [0.3, 0.4) is 0 Å². The lowest BCUT2D eigenvalue weighted by Crippen LogP contribution is -2.41. The summed E-state index contributed by atoms with van der Waals surface area (Å²) in [5, 5.41) is 2.92. The van der Waals surface area contributed by atoms with Gasteiger partial charge in [-0.1, -0.05) is 42.5 Å². The molecular weight excluding hydrogens is 354 g/mol. The minimum absolute atomic E-state index is 0.0435. The molecule has 28 heavy (non-hydrogen) atoms. The average molecular weight is 381 g/mol. The van der Waals surface area contributed by atoms with Crippen molar-refractivity contribution in [3.63, 3.8) is 0 Å². The van der Waals surface area contributed by atoms with Crippen molar-refractivity contribution in [2.75, 3.05) is 49.2 Å². The normalized spacial score (nSPS) is 13.8. The van der Waals surface area contributed by atoms with E-state index in [0.717, 1.165) is 30.0 Å². The molecule has 1 heterocycles. The first-order valence-corrected chi connectivity index (χ1v) is 9.65. The Morgan fingerprint density at radius 3 is 2.43 bits per heavy atom. The van der Waals surface area contributed by atoms with Crippen LogP contribution in [0.5, 0.6) is 0 Å². The summed E-state index contributed by atoms with van der Waals surface area (Å²) in [6.07, 6.45) is 0.339. The molecule has 0 atom stereocenters. The summed E-state index contributed by atoms with van der Waals surface area (Å²) in [5.74, 6) is -0.0887. The van der Waals surface area contributed by atoms with Crippen molar-refractivity contribution >= 4 is 23.2 Å². The molecular formula is C22H27N3O3. The number of nitrogens with zero attached hydrogens (tertiary/aromatic N) is 2. The zero-order valence-corrected chi connectivity index (χ0v) is 16.3. The molecule has 1 N–H and O–H groups in total. The Hall–Kier alpha value is -2.86. The van der Waals surface area contributed by atoms with E-state index in [1.54, 1.807) is 11.8 Å². The molecule has 1 fully saturated rings. The van der Waals surface area contributed by atoms with Crippen molar-refractivity contribution in [1.82, 2.24) is 5.32 Å². The Morgan fingerprint density at radius 1 is 1.04 bits per heavy atom. The maximum absolute atomic E-state index is 12.3. The predicted molar refractivity (Wildman–Crippen MR) is 111 cm³/mol. The minimum Gasteiger partial charge on any atom is -0.378 e. The number of rotatable bonds is 7. The smallest absolute Gasteiger partial charge is 0.224 e. The summed E-state index contributed by atoms with van der Waals surface area (Å²) in [6, 6.07) is 17.5. The van der Waals surface area contributed by atoms with Gasteiger partial charge in [-0.3, -0.25) is 9.59 Å². The summed E-state index contributed by atoms with van der Waals surface area (Å²) in [4.78, 5) is 28.5. The van der Waals surface area contributed by atoms with E-state index in [9.17, 15) is 9.59 Å². The summed E-state index contributed by atoms with van der Waals surface area (Å²) in [7, 11) is 0. The number of benzene rings is 2. The first-order chi connectivity index (χ1) is 13.6. The fourth-order valence-electron chi connectivity index (χ4n) is 3.36. The van der Waals surface area contributed by atoms with Crippen LogP contribution in [-0.2, 0) is 20.7 Å². The van der Waals surface area contributed by atoms with Crippen molar-refractivity contribution in [3.8, 4) is 0 Å². The number of anilines is 2. The van der Waals surface area contributed by atoms with Crippen LogP contribution in [0, 0.1) is 0 Å². The highest BCUT2D eigenvalue weighted by molar-refractivity contribution is 5.95. The van der Waals surface area contributed by atoms with Crippen molar-refractivity contribution in [2.45, 2.75) is 13.3 Å². The van der Waals surface area contributed by atoms with Crippen molar-refractivity contribution < 1.29 is 14.3 Å². The van der Waals surface area contributed by atoms with Crippen LogP contribution in [0.15, 0.2) is 54.6 Å². The zero-order valence-electron chi connectivity index (χ0n) is 16.3. The molecule has 2 aromatic rings. The van der Waals surface area contributed by atoms with Crippen LogP contribution >= 0.6 is 0 Å². The molecule has 0 radical (unpaired) electrons. The third-order valence-electron chi connectivity index (χ3n) is 4.77. The molecule has 1 aliphatic rings. The average Bonchev–Trinajstić information content (AvgIpc) is 2.72.